The number of halogens is 2. The van der Waals surface area contributed by atoms with Crippen molar-refractivity contribution in [2.75, 3.05) is 0 Å². The Balaban J connectivity index is 3.60. The molecule has 1 heterocycles. The molecule has 0 N–H and O–H groups in total. The van der Waals surface area contributed by atoms with E-state index >= 15 is 0 Å². The van der Waals surface area contributed by atoms with Crippen LogP contribution in [0.5, 0.6) is 0 Å². The van der Waals surface area contributed by atoms with Gasteiger partial charge in [0.2, 0.25) is 0 Å². The van der Waals surface area contributed by atoms with Crippen molar-refractivity contribution in [2.24, 2.45) is 0 Å². The minimum absolute atomic E-state index is 0.130. The standard InChI is InChI=1S/C8H5F2N3O2/c1-4-7(13(14)15)6(8(9)10)5(2-11)3-12-4/h3,8H,1H3. The van der Waals surface area contributed by atoms with Crippen LogP contribution in [0.1, 0.15) is 23.2 Å². The molecule has 5 nitrogen and oxygen atoms in total. The number of pyridine rings is 1. The molecule has 0 aliphatic heterocycles. The topological polar surface area (TPSA) is 79.8 Å². The molecule has 0 aliphatic rings. The van der Waals surface area contributed by atoms with Crippen LogP contribution in [0.3, 0.4) is 0 Å². The molecule has 0 saturated heterocycles. The van der Waals surface area contributed by atoms with E-state index < -0.39 is 28.2 Å². The molecule has 7 heteroatoms. The van der Waals surface area contributed by atoms with E-state index in [1.54, 1.807) is 0 Å². The first-order valence-corrected chi connectivity index (χ1v) is 3.81. The van der Waals surface area contributed by atoms with Crippen LogP contribution in [0, 0.1) is 28.4 Å². The third-order valence-electron chi connectivity index (χ3n) is 1.80. The highest BCUT2D eigenvalue weighted by Crippen LogP contribution is 2.32. The average molecular weight is 213 g/mol. The van der Waals surface area contributed by atoms with Crippen molar-refractivity contribution in [3.63, 3.8) is 0 Å². The number of nitriles is 1. The van der Waals surface area contributed by atoms with E-state index in [0.717, 1.165) is 6.20 Å². The maximum Gasteiger partial charge on any atom is 0.300 e. The van der Waals surface area contributed by atoms with Crippen LogP contribution in [0.15, 0.2) is 6.20 Å². The lowest BCUT2D eigenvalue weighted by Gasteiger charge is -2.05. The Morgan fingerprint density at radius 2 is 2.27 bits per heavy atom. The van der Waals surface area contributed by atoms with E-state index in [-0.39, 0.29) is 5.69 Å². The van der Waals surface area contributed by atoms with Crippen LogP contribution < -0.4 is 0 Å². The zero-order valence-electron chi connectivity index (χ0n) is 7.57. The second-order valence-electron chi connectivity index (χ2n) is 2.69. The Kier molecular flexibility index (Phi) is 2.90. The van der Waals surface area contributed by atoms with Gasteiger partial charge in [0.05, 0.1) is 10.5 Å². The van der Waals surface area contributed by atoms with Crippen molar-refractivity contribution >= 4 is 5.69 Å². The highest BCUT2D eigenvalue weighted by atomic mass is 19.3. The molecule has 0 atom stereocenters. The number of nitrogens with zero attached hydrogens (tertiary/aromatic N) is 3. The van der Waals surface area contributed by atoms with Gasteiger partial charge in [-0.25, -0.2) is 8.78 Å². The predicted octanol–water partition coefficient (Wildman–Crippen LogP) is 2.11. The summed E-state index contributed by atoms with van der Waals surface area (Å²) in [7, 11) is 0. The van der Waals surface area contributed by atoms with Gasteiger partial charge in [-0.2, -0.15) is 5.26 Å². The van der Waals surface area contributed by atoms with Gasteiger partial charge in [-0.3, -0.25) is 15.1 Å². The molecule has 1 aromatic heterocycles. The number of hydrogen-bond donors (Lipinski definition) is 0. The normalized spacial score (nSPS) is 10.1. The summed E-state index contributed by atoms with van der Waals surface area (Å²) in [5.74, 6) is 0. The quantitative estimate of drug-likeness (QED) is 0.556. The first kappa shape index (κ1) is 11.0. The number of hydrogen-bond acceptors (Lipinski definition) is 4. The van der Waals surface area contributed by atoms with Gasteiger partial charge in [0.1, 0.15) is 17.3 Å². The smallest absolute Gasteiger partial charge is 0.258 e. The van der Waals surface area contributed by atoms with Gasteiger partial charge in [0, 0.05) is 6.20 Å². The minimum Gasteiger partial charge on any atom is -0.258 e. The molecule has 0 bridgehead atoms. The van der Waals surface area contributed by atoms with E-state index in [1.165, 1.54) is 13.0 Å². The molecule has 0 spiro atoms. The fourth-order valence-corrected chi connectivity index (χ4v) is 1.15. The summed E-state index contributed by atoms with van der Waals surface area (Å²) in [6.45, 7) is 1.24. The molecule has 15 heavy (non-hydrogen) atoms. The first-order chi connectivity index (χ1) is 6.99. The number of rotatable bonds is 2. The minimum atomic E-state index is -3.07. The van der Waals surface area contributed by atoms with Crippen molar-refractivity contribution in [3.8, 4) is 6.07 Å². The SMILES string of the molecule is Cc1ncc(C#N)c(C(F)F)c1[N+](=O)[O-]. The van der Waals surface area contributed by atoms with Crippen molar-refractivity contribution in [2.45, 2.75) is 13.3 Å². The molecular weight excluding hydrogens is 208 g/mol. The fourth-order valence-electron chi connectivity index (χ4n) is 1.15. The van der Waals surface area contributed by atoms with Crippen molar-refractivity contribution in [3.05, 3.63) is 33.1 Å². The molecule has 0 saturated carbocycles. The highest BCUT2D eigenvalue weighted by Gasteiger charge is 2.28. The Morgan fingerprint density at radius 1 is 1.67 bits per heavy atom. The van der Waals surface area contributed by atoms with E-state index in [4.69, 9.17) is 5.26 Å². The Hall–Kier alpha value is -2.10. The van der Waals surface area contributed by atoms with E-state index in [0.29, 0.717) is 0 Å². The van der Waals surface area contributed by atoms with Gasteiger partial charge < -0.3 is 0 Å². The highest BCUT2D eigenvalue weighted by molar-refractivity contribution is 5.52. The molecule has 0 unspecified atom stereocenters. The molecule has 78 valence electrons. The predicted molar refractivity (Wildman–Crippen MR) is 45.3 cm³/mol. The third-order valence-corrected chi connectivity index (χ3v) is 1.80. The lowest BCUT2D eigenvalue weighted by atomic mass is 10.1. The molecule has 1 aromatic rings. The van der Waals surface area contributed by atoms with Crippen LogP contribution in [0.2, 0.25) is 0 Å². The van der Waals surface area contributed by atoms with Crippen molar-refractivity contribution in [1.29, 1.82) is 5.26 Å². The number of nitro groups is 1. The fraction of sp³-hybridized carbons (Fsp3) is 0.250. The Bertz CT molecular complexity index is 454. The van der Waals surface area contributed by atoms with Crippen LogP contribution in [0.4, 0.5) is 14.5 Å². The lowest BCUT2D eigenvalue weighted by molar-refractivity contribution is -0.387. The second-order valence-corrected chi connectivity index (χ2v) is 2.69. The first-order valence-electron chi connectivity index (χ1n) is 3.81. The van der Waals surface area contributed by atoms with E-state index in [9.17, 15) is 18.9 Å². The monoisotopic (exact) mass is 213 g/mol. The zero-order chi connectivity index (χ0) is 11.6. The molecule has 0 aromatic carbocycles. The molecule has 0 fully saturated rings. The second kappa shape index (κ2) is 3.96. The summed E-state index contributed by atoms with van der Waals surface area (Å²) in [4.78, 5) is 13.1. The Morgan fingerprint density at radius 3 is 2.67 bits per heavy atom. The molecule has 1 rings (SSSR count). The number of aryl methyl sites for hydroxylation is 1. The molecule has 0 radical (unpaired) electrons. The van der Waals surface area contributed by atoms with Gasteiger partial charge in [-0.15, -0.1) is 0 Å². The van der Waals surface area contributed by atoms with Crippen LogP contribution in [0.25, 0.3) is 0 Å². The van der Waals surface area contributed by atoms with Crippen LogP contribution >= 0.6 is 0 Å². The van der Waals surface area contributed by atoms with E-state index in [1.807, 2.05) is 0 Å². The maximum absolute atomic E-state index is 12.5. The van der Waals surface area contributed by atoms with Gasteiger partial charge >= 0.3 is 5.69 Å². The van der Waals surface area contributed by atoms with Crippen LogP contribution in [-0.2, 0) is 0 Å². The van der Waals surface area contributed by atoms with Crippen LogP contribution in [-0.4, -0.2) is 9.91 Å². The van der Waals surface area contributed by atoms with Gasteiger partial charge in [-0.1, -0.05) is 0 Å². The number of alkyl halides is 2. The van der Waals surface area contributed by atoms with E-state index in [2.05, 4.69) is 4.98 Å². The number of aromatic nitrogens is 1. The Labute approximate surface area is 83.1 Å². The summed E-state index contributed by atoms with van der Waals surface area (Å²) < 4.78 is 25.1. The molecule has 0 amide bonds. The van der Waals surface area contributed by atoms with Gasteiger partial charge in [-0.05, 0) is 6.92 Å². The molecule has 0 aliphatic carbocycles. The van der Waals surface area contributed by atoms with Crippen molar-refractivity contribution < 1.29 is 13.7 Å². The lowest BCUT2D eigenvalue weighted by Crippen LogP contribution is -2.03. The third kappa shape index (κ3) is 1.88. The zero-order valence-corrected chi connectivity index (χ0v) is 7.57. The van der Waals surface area contributed by atoms with Gasteiger partial charge in [0.25, 0.3) is 6.43 Å². The van der Waals surface area contributed by atoms with Crippen molar-refractivity contribution in [1.82, 2.24) is 4.98 Å². The van der Waals surface area contributed by atoms with Gasteiger partial charge in [0.15, 0.2) is 0 Å². The largest absolute Gasteiger partial charge is 0.300 e. The average Bonchev–Trinajstić information content (AvgIpc) is 2.16. The molecular formula is C8H5F2N3O2. The summed E-state index contributed by atoms with van der Waals surface area (Å²) >= 11 is 0. The summed E-state index contributed by atoms with van der Waals surface area (Å²) in [6, 6.07) is 1.45. The summed E-state index contributed by atoms with van der Waals surface area (Å²) in [5.41, 5.74) is -2.25. The summed E-state index contributed by atoms with van der Waals surface area (Å²) in [5, 5.41) is 19.1. The summed E-state index contributed by atoms with van der Waals surface area (Å²) in [6.07, 6.45) is -2.16. The maximum atomic E-state index is 12.5.